The largest absolute Gasteiger partial charge is 0.348 e. The summed E-state index contributed by atoms with van der Waals surface area (Å²) < 4.78 is 0. The van der Waals surface area contributed by atoms with Gasteiger partial charge in [0.25, 0.3) is 0 Å². The summed E-state index contributed by atoms with van der Waals surface area (Å²) in [7, 11) is 0. The third-order valence-electron chi connectivity index (χ3n) is 3.66. The van der Waals surface area contributed by atoms with Crippen LogP contribution in [0.25, 0.3) is 0 Å². The van der Waals surface area contributed by atoms with E-state index in [-0.39, 0.29) is 6.04 Å². The smallest absolute Gasteiger partial charge is 0.185 e. The number of thiazole rings is 1. The van der Waals surface area contributed by atoms with Crippen molar-refractivity contribution in [1.29, 1.82) is 0 Å². The van der Waals surface area contributed by atoms with Gasteiger partial charge in [-0.05, 0) is 24.7 Å². The molecule has 0 aliphatic carbocycles. The van der Waals surface area contributed by atoms with Crippen molar-refractivity contribution in [1.82, 2.24) is 4.98 Å². The second-order valence-electron chi connectivity index (χ2n) is 6.14. The van der Waals surface area contributed by atoms with Crippen LogP contribution in [0.5, 0.6) is 0 Å². The van der Waals surface area contributed by atoms with E-state index >= 15 is 0 Å². The predicted octanol–water partition coefficient (Wildman–Crippen LogP) is 3.04. The Morgan fingerprint density at radius 2 is 2.24 bits per heavy atom. The molecule has 1 fully saturated rings. The summed E-state index contributed by atoms with van der Waals surface area (Å²) in [4.78, 5) is 7.04. The molecule has 2 N–H and O–H groups in total. The summed E-state index contributed by atoms with van der Waals surface area (Å²) in [5.74, 6) is 0.769. The molecule has 0 radical (unpaired) electrons. The van der Waals surface area contributed by atoms with Crippen LogP contribution >= 0.6 is 11.3 Å². The zero-order valence-corrected chi connectivity index (χ0v) is 12.0. The fourth-order valence-electron chi connectivity index (χ4n) is 2.27. The van der Waals surface area contributed by atoms with E-state index < -0.39 is 0 Å². The maximum Gasteiger partial charge on any atom is 0.185 e. The van der Waals surface area contributed by atoms with Gasteiger partial charge in [0, 0.05) is 24.5 Å². The van der Waals surface area contributed by atoms with Crippen molar-refractivity contribution in [2.75, 3.05) is 18.0 Å². The molecule has 2 rings (SSSR count). The second kappa shape index (κ2) is 4.58. The fraction of sp³-hybridized carbons (Fsp3) is 0.769. The molecular formula is C13H23N3S. The Hall–Kier alpha value is -0.610. The molecule has 1 aliphatic heterocycles. The van der Waals surface area contributed by atoms with Crippen molar-refractivity contribution in [3.05, 3.63) is 11.1 Å². The van der Waals surface area contributed by atoms with Gasteiger partial charge in [0.2, 0.25) is 0 Å². The zero-order chi connectivity index (χ0) is 12.6. The van der Waals surface area contributed by atoms with Crippen molar-refractivity contribution in [3.8, 4) is 0 Å². The van der Waals surface area contributed by atoms with Gasteiger partial charge < -0.3 is 10.6 Å². The highest BCUT2D eigenvalue weighted by atomic mass is 32.1. The quantitative estimate of drug-likeness (QED) is 0.881. The minimum atomic E-state index is 0.0426. The van der Waals surface area contributed by atoms with Gasteiger partial charge in [-0.25, -0.2) is 4.98 Å². The average molecular weight is 253 g/mol. The van der Waals surface area contributed by atoms with Crippen molar-refractivity contribution < 1.29 is 0 Å². The first-order chi connectivity index (χ1) is 7.88. The van der Waals surface area contributed by atoms with Gasteiger partial charge in [-0.15, -0.1) is 11.3 Å². The first-order valence-electron chi connectivity index (χ1n) is 6.34. The van der Waals surface area contributed by atoms with Crippen molar-refractivity contribution in [3.63, 3.8) is 0 Å². The van der Waals surface area contributed by atoms with Crippen LogP contribution in [0.1, 0.15) is 45.9 Å². The van der Waals surface area contributed by atoms with Gasteiger partial charge in [-0.1, -0.05) is 20.8 Å². The van der Waals surface area contributed by atoms with Crippen LogP contribution in [0.15, 0.2) is 5.38 Å². The lowest BCUT2D eigenvalue weighted by Crippen LogP contribution is -2.25. The van der Waals surface area contributed by atoms with E-state index in [0.29, 0.717) is 5.41 Å². The van der Waals surface area contributed by atoms with Gasteiger partial charge in [-0.3, -0.25) is 0 Å². The van der Waals surface area contributed by atoms with Gasteiger partial charge in [0.1, 0.15) is 0 Å². The lowest BCUT2D eigenvalue weighted by atomic mass is 9.80. The summed E-state index contributed by atoms with van der Waals surface area (Å²) in [6.45, 7) is 11.2. The van der Waals surface area contributed by atoms with Gasteiger partial charge in [0.15, 0.2) is 5.13 Å². The molecule has 1 aliphatic rings. The molecule has 1 saturated heterocycles. The highest BCUT2D eigenvalue weighted by Crippen LogP contribution is 2.36. The molecule has 2 unspecified atom stereocenters. The average Bonchev–Trinajstić information content (AvgIpc) is 2.85. The molecule has 0 amide bonds. The summed E-state index contributed by atoms with van der Waals surface area (Å²) in [6, 6.07) is 0.0426. The molecule has 2 atom stereocenters. The standard InChI is InChI=1S/C13H23N3S/c1-9(14)11-8-17-12(15-11)16-6-5-10(7-16)13(2,3)4/h8-10H,5-7,14H2,1-4H3. The Balaban J connectivity index is 2.05. The molecular weight excluding hydrogens is 230 g/mol. The van der Waals surface area contributed by atoms with E-state index in [1.54, 1.807) is 11.3 Å². The summed E-state index contributed by atoms with van der Waals surface area (Å²) in [5.41, 5.74) is 7.26. The predicted molar refractivity (Wildman–Crippen MR) is 74.5 cm³/mol. The normalized spacial score (nSPS) is 23.1. The minimum absolute atomic E-state index is 0.0426. The van der Waals surface area contributed by atoms with E-state index in [9.17, 15) is 0 Å². The third kappa shape index (κ3) is 2.80. The lowest BCUT2D eigenvalue weighted by Gasteiger charge is -2.26. The summed E-state index contributed by atoms with van der Waals surface area (Å²) in [5, 5.41) is 3.23. The fourth-order valence-corrected chi connectivity index (χ4v) is 3.24. The van der Waals surface area contributed by atoms with E-state index in [1.165, 1.54) is 6.42 Å². The lowest BCUT2D eigenvalue weighted by molar-refractivity contribution is 0.263. The minimum Gasteiger partial charge on any atom is -0.348 e. The number of aromatic nitrogens is 1. The Kier molecular flexibility index (Phi) is 3.46. The molecule has 4 heteroatoms. The molecule has 0 bridgehead atoms. The monoisotopic (exact) mass is 253 g/mol. The van der Waals surface area contributed by atoms with E-state index in [0.717, 1.165) is 29.8 Å². The highest BCUT2D eigenvalue weighted by Gasteiger charge is 2.32. The second-order valence-corrected chi connectivity index (χ2v) is 6.98. The number of nitrogens with zero attached hydrogens (tertiary/aromatic N) is 2. The van der Waals surface area contributed by atoms with Crippen LogP contribution in [0.4, 0.5) is 5.13 Å². The van der Waals surface area contributed by atoms with Crippen LogP contribution in [0.2, 0.25) is 0 Å². The van der Waals surface area contributed by atoms with Crippen molar-refractivity contribution in [2.45, 2.75) is 40.2 Å². The molecule has 96 valence electrons. The first-order valence-corrected chi connectivity index (χ1v) is 7.22. The first kappa shape index (κ1) is 12.8. The SMILES string of the molecule is CC(N)c1csc(N2CCC(C(C)(C)C)C2)n1. The molecule has 1 aromatic rings. The Labute approximate surface area is 108 Å². The molecule has 2 heterocycles. The molecule has 0 spiro atoms. The number of nitrogens with two attached hydrogens (primary N) is 1. The van der Waals surface area contributed by atoms with E-state index in [4.69, 9.17) is 5.73 Å². The van der Waals surface area contributed by atoms with Crippen LogP contribution in [0, 0.1) is 11.3 Å². The molecule has 1 aromatic heterocycles. The molecule has 0 saturated carbocycles. The maximum atomic E-state index is 5.85. The van der Waals surface area contributed by atoms with E-state index in [1.807, 2.05) is 6.92 Å². The van der Waals surface area contributed by atoms with E-state index in [2.05, 4.69) is 36.0 Å². The van der Waals surface area contributed by atoms with Gasteiger partial charge in [-0.2, -0.15) is 0 Å². The highest BCUT2D eigenvalue weighted by molar-refractivity contribution is 7.13. The maximum absolute atomic E-state index is 5.85. The molecule has 17 heavy (non-hydrogen) atoms. The van der Waals surface area contributed by atoms with Crippen LogP contribution in [-0.2, 0) is 0 Å². The summed E-state index contributed by atoms with van der Waals surface area (Å²) >= 11 is 1.72. The number of hydrogen-bond acceptors (Lipinski definition) is 4. The number of hydrogen-bond donors (Lipinski definition) is 1. The summed E-state index contributed by atoms with van der Waals surface area (Å²) in [6.07, 6.45) is 1.27. The molecule has 0 aromatic carbocycles. The number of rotatable bonds is 2. The molecule has 3 nitrogen and oxygen atoms in total. The Bertz CT molecular complexity index is 378. The third-order valence-corrected chi connectivity index (χ3v) is 4.58. The van der Waals surface area contributed by atoms with Crippen molar-refractivity contribution in [2.24, 2.45) is 17.1 Å². The topological polar surface area (TPSA) is 42.1 Å². The van der Waals surface area contributed by atoms with Gasteiger partial charge >= 0.3 is 0 Å². The van der Waals surface area contributed by atoms with Crippen LogP contribution in [-0.4, -0.2) is 18.1 Å². The Morgan fingerprint density at radius 1 is 1.53 bits per heavy atom. The van der Waals surface area contributed by atoms with Crippen molar-refractivity contribution >= 4 is 16.5 Å². The van der Waals surface area contributed by atoms with Gasteiger partial charge in [0.05, 0.1) is 5.69 Å². The van der Waals surface area contributed by atoms with Crippen LogP contribution in [0.3, 0.4) is 0 Å². The van der Waals surface area contributed by atoms with Crippen LogP contribution < -0.4 is 10.6 Å². The zero-order valence-electron chi connectivity index (χ0n) is 11.2. The Morgan fingerprint density at radius 3 is 2.71 bits per heavy atom. The number of anilines is 1.